The van der Waals surface area contributed by atoms with Gasteiger partial charge in [0.25, 0.3) is 0 Å². The lowest BCUT2D eigenvalue weighted by Crippen LogP contribution is -2.49. The first-order valence-electron chi connectivity index (χ1n) is 8.57. The number of carbonyl (C=O) groups is 1. The van der Waals surface area contributed by atoms with Gasteiger partial charge in [0.05, 0.1) is 5.69 Å². The molecule has 128 valence electrons. The van der Waals surface area contributed by atoms with Crippen molar-refractivity contribution in [3.05, 3.63) is 64.9 Å². The average molecular weight is 351 g/mol. The number of benzene rings is 2. The maximum atomic E-state index is 12.6. The number of urea groups is 1. The Balaban J connectivity index is 1.37. The van der Waals surface area contributed by atoms with Gasteiger partial charge in [0.2, 0.25) is 0 Å². The van der Waals surface area contributed by atoms with Crippen molar-refractivity contribution < 1.29 is 4.79 Å². The Labute approximate surface area is 151 Å². The van der Waals surface area contributed by atoms with Crippen molar-refractivity contribution in [2.24, 2.45) is 0 Å². The molecule has 1 aromatic heterocycles. The van der Waals surface area contributed by atoms with Crippen LogP contribution in [0.4, 0.5) is 10.5 Å². The molecule has 2 aromatic carbocycles. The van der Waals surface area contributed by atoms with Crippen LogP contribution in [0.25, 0.3) is 10.8 Å². The molecule has 1 fully saturated rings. The van der Waals surface area contributed by atoms with Gasteiger partial charge in [-0.15, -0.1) is 0 Å². The summed E-state index contributed by atoms with van der Waals surface area (Å²) >= 11 is 1.73. The molecule has 2 heterocycles. The van der Waals surface area contributed by atoms with E-state index in [-0.39, 0.29) is 6.03 Å². The minimum absolute atomic E-state index is 0.00784. The van der Waals surface area contributed by atoms with E-state index in [0.29, 0.717) is 0 Å². The van der Waals surface area contributed by atoms with E-state index in [0.717, 1.165) is 49.2 Å². The largest absolute Gasteiger partial charge is 0.322 e. The second-order valence-corrected chi connectivity index (χ2v) is 7.13. The van der Waals surface area contributed by atoms with E-state index in [1.807, 2.05) is 35.2 Å². The minimum Gasteiger partial charge on any atom is -0.322 e. The number of amides is 2. The van der Waals surface area contributed by atoms with Crippen LogP contribution in [0.5, 0.6) is 0 Å². The zero-order chi connectivity index (χ0) is 17.1. The maximum absolute atomic E-state index is 12.6. The van der Waals surface area contributed by atoms with Crippen molar-refractivity contribution in [2.45, 2.75) is 6.54 Å². The lowest BCUT2D eigenvalue weighted by atomic mass is 10.1. The van der Waals surface area contributed by atoms with Gasteiger partial charge in [-0.05, 0) is 33.8 Å². The van der Waals surface area contributed by atoms with Crippen molar-refractivity contribution in [1.82, 2.24) is 9.80 Å². The standard InChI is InChI=1S/C20H21N3OS/c24-20(21-19-7-3-5-17-4-1-2-6-18(17)19)23-11-9-22(10-12-23)14-16-8-13-25-15-16/h1-8,13,15H,9-12,14H2,(H,21,24). The first-order chi connectivity index (χ1) is 12.3. The summed E-state index contributed by atoms with van der Waals surface area (Å²) in [6.45, 7) is 4.33. The number of hydrogen-bond acceptors (Lipinski definition) is 3. The predicted octanol–water partition coefficient (Wildman–Crippen LogP) is 4.25. The van der Waals surface area contributed by atoms with Crippen LogP contribution in [-0.2, 0) is 6.54 Å². The number of nitrogens with zero attached hydrogens (tertiary/aromatic N) is 2. The van der Waals surface area contributed by atoms with Crippen LogP contribution in [-0.4, -0.2) is 42.0 Å². The van der Waals surface area contributed by atoms with Crippen LogP contribution in [0.1, 0.15) is 5.56 Å². The Bertz CT molecular complexity index is 849. The molecule has 0 bridgehead atoms. The smallest absolute Gasteiger partial charge is 0.321 e. The average Bonchev–Trinajstić information content (AvgIpc) is 3.16. The van der Waals surface area contributed by atoms with Gasteiger partial charge in [0, 0.05) is 38.1 Å². The van der Waals surface area contributed by atoms with Gasteiger partial charge in [0.15, 0.2) is 0 Å². The van der Waals surface area contributed by atoms with Gasteiger partial charge in [-0.2, -0.15) is 11.3 Å². The van der Waals surface area contributed by atoms with E-state index >= 15 is 0 Å². The second-order valence-electron chi connectivity index (χ2n) is 6.35. The van der Waals surface area contributed by atoms with E-state index < -0.39 is 0 Å². The van der Waals surface area contributed by atoms with Gasteiger partial charge >= 0.3 is 6.03 Å². The number of nitrogens with one attached hydrogen (secondary N) is 1. The lowest BCUT2D eigenvalue weighted by Gasteiger charge is -2.34. The van der Waals surface area contributed by atoms with Crippen LogP contribution in [0.15, 0.2) is 59.3 Å². The van der Waals surface area contributed by atoms with Crippen molar-refractivity contribution in [1.29, 1.82) is 0 Å². The number of hydrogen-bond donors (Lipinski definition) is 1. The van der Waals surface area contributed by atoms with E-state index in [2.05, 4.69) is 39.2 Å². The summed E-state index contributed by atoms with van der Waals surface area (Å²) in [6, 6.07) is 16.3. The van der Waals surface area contributed by atoms with Crippen molar-refractivity contribution in [3.63, 3.8) is 0 Å². The Morgan fingerprint density at radius 2 is 1.80 bits per heavy atom. The molecule has 0 unspecified atom stereocenters. The Kier molecular flexibility index (Phi) is 4.68. The topological polar surface area (TPSA) is 35.6 Å². The SMILES string of the molecule is O=C(Nc1cccc2ccccc12)N1CCN(Cc2ccsc2)CC1. The van der Waals surface area contributed by atoms with E-state index in [9.17, 15) is 4.79 Å². The number of rotatable bonds is 3. The maximum Gasteiger partial charge on any atom is 0.321 e. The van der Waals surface area contributed by atoms with Gasteiger partial charge < -0.3 is 10.2 Å². The molecule has 1 N–H and O–H groups in total. The van der Waals surface area contributed by atoms with Crippen molar-refractivity contribution in [3.8, 4) is 0 Å². The first kappa shape index (κ1) is 16.1. The predicted molar refractivity (Wildman–Crippen MR) is 104 cm³/mol. The quantitative estimate of drug-likeness (QED) is 0.766. The molecule has 4 nitrogen and oxygen atoms in total. The highest BCUT2D eigenvalue weighted by molar-refractivity contribution is 7.07. The molecule has 25 heavy (non-hydrogen) atoms. The zero-order valence-corrected chi connectivity index (χ0v) is 14.8. The highest BCUT2D eigenvalue weighted by Crippen LogP contribution is 2.23. The van der Waals surface area contributed by atoms with Gasteiger partial charge in [0.1, 0.15) is 0 Å². The fraction of sp³-hybridized carbons (Fsp3) is 0.250. The molecule has 5 heteroatoms. The summed E-state index contributed by atoms with van der Waals surface area (Å²) < 4.78 is 0. The van der Waals surface area contributed by atoms with E-state index in [1.54, 1.807) is 11.3 Å². The van der Waals surface area contributed by atoms with Crippen LogP contribution in [0, 0.1) is 0 Å². The highest BCUT2D eigenvalue weighted by atomic mass is 32.1. The second kappa shape index (κ2) is 7.25. The number of piperazine rings is 1. The summed E-state index contributed by atoms with van der Waals surface area (Å²) in [5, 5.41) is 9.61. The first-order valence-corrected chi connectivity index (χ1v) is 9.51. The van der Waals surface area contributed by atoms with Crippen molar-refractivity contribution in [2.75, 3.05) is 31.5 Å². The summed E-state index contributed by atoms with van der Waals surface area (Å²) in [4.78, 5) is 16.9. The minimum atomic E-state index is -0.00784. The summed E-state index contributed by atoms with van der Waals surface area (Å²) in [5.74, 6) is 0. The van der Waals surface area contributed by atoms with Crippen LogP contribution in [0.2, 0.25) is 0 Å². The molecule has 2 amide bonds. The molecular weight excluding hydrogens is 330 g/mol. The van der Waals surface area contributed by atoms with Gasteiger partial charge in [-0.25, -0.2) is 4.79 Å². The molecule has 0 saturated carbocycles. The van der Waals surface area contributed by atoms with Gasteiger partial charge in [-0.1, -0.05) is 36.4 Å². The monoisotopic (exact) mass is 351 g/mol. The summed E-state index contributed by atoms with van der Waals surface area (Å²) in [6.07, 6.45) is 0. The fourth-order valence-corrected chi connectivity index (χ4v) is 3.94. The summed E-state index contributed by atoms with van der Waals surface area (Å²) in [7, 11) is 0. The third kappa shape index (κ3) is 3.67. The van der Waals surface area contributed by atoms with Crippen LogP contribution in [0.3, 0.4) is 0 Å². The molecule has 1 saturated heterocycles. The molecule has 0 atom stereocenters. The molecule has 1 aliphatic rings. The van der Waals surface area contributed by atoms with Crippen molar-refractivity contribution >= 4 is 33.8 Å². The molecule has 3 aromatic rings. The molecule has 0 spiro atoms. The number of fused-ring (bicyclic) bond motifs is 1. The number of carbonyl (C=O) groups excluding carboxylic acids is 1. The summed E-state index contributed by atoms with van der Waals surface area (Å²) in [5.41, 5.74) is 2.24. The van der Waals surface area contributed by atoms with E-state index in [1.165, 1.54) is 5.56 Å². The third-order valence-electron chi connectivity index (χ3n) is 4.68. The molecular formula is C20H21N3OS. The number of anilines is 1. The normalized spacial score (nSPS) is 15.4. The Morgan fingerprint density at radius 3 is 2.60 bits per heavy atom. The fourth-order valence-electron chi connectivity index (χ4n) is 3.28. The zero-order valence-electron chi connectivity index (χ0n) is 14.0. The van der Waals surface area contributed by atoms with E-state index in [4.69, 9.17) is 0 Å². The molecule has 1 aliphatic heterocycles. The lowest BCUT2D eigenvalue weighted by molar-refractivity contribution is 0.143. The Morgan fingerprint density at radius 1 is 1.00 bits per heavy atom. The molecule has 0 radical (unpaired) electrons. The molecule has 4 rings (SSSR count). The number of thiophene rings is 1. The van der Waals surface area contributed by atoms with Crippen LogP contribution < -0.4 is 5.32 Å². The van der Waals surface area contributed by atoms with Gasteiger partial charge in [-0.3, -0.25) is 4.90 Å². The molecule has 0 aliphatic carbocycles. The third-order valence-corrected chi connectivity index (χ3v) is 5.41. The highest BCUT2D eigenvalue weighted by Gasteiger charge is 2.21. The van der Waals surface area contributed by atoms with Crippen LogP contribution >= 0.6 is 11.3 Å². The Hall–Kier alpha value is -2.37.